The summed E-state index contributed by atoms with van der Waals surface area (Å²) in [7, 11) is -4.25. The summed E-state index contributed by atoms with van der Waals surface area (Å²) in [6.07, 6.45) is 0. The molecule has 6 nitrogen and oxygen atoms in total. The third-order valence-corrected chi connectivity index (χ3v) is 0.958. The van der Waals surface area contributed by atoms with Crippen LogP contribution in [0.3, 0.4) is 0 Å². The maximum atomic E-state index is 9.77. The van der Waals surface area contributed by atoms with Crippen molar-refractivity contribution in [2.24, 2.45) is 5.14 Å². The fraction of sp³-hybridized carbons (Fsp3) is 0. The molecule has 0 rings (SSSR count). The van der Waals surface area contributed by atoms with Crippen molar-refractivity contribution in [2.45, 2.75) is 0 Å². The van der Waals surface area contributed by atoms with E-state index in [1.165, 1.54) is 0 Å². The van der Waals surface area contributed by atoms with Crippen LogP contribution in [0.5, 0.6) is 0 Å². The van der Waals surface area contributed by atoms with E-state index in [0.717, 1.165) is 5.48 Å². The molecule has 0 aromatic carbocycles. The lowest BCUT2D eigenvalue weighted by Gasteiger charge is -1.89. The van der Waals surface area contributed by atoms with E-state index in [1.807, 2.05) is 0 Å². The molecule has 8 heavy (non-hydrogen) atoms. The lowest BCUT2D eigenvalue weighted by atomic mass is 11.4. The van der Waals surface area contributed by atoms with Crippen LogP contribution in [0, 0.1) is 0 Å². The Morgan fingerprint density at radius 2 is 2.00 bits per heavy atom. The van der Waals surface area contributed by atoms with Crippen LogP contribution >= 0.6 is 0 Å². The number of amides is 1. The molecule has 0 saturated carbocycles. The van der Waals surface area contributed by atoms with Gasteiger partial charge in [0.05, 0.1) is 0 Å². The summed E-state index contributed by atoms with van der Waals surface area (Å²) in [5, 5.41) is 10.2. The SMILES string of the molecule is NS(=O)(=O)C(=O)NO. The third-order valence-electron chi connectivity index (χ3n) is 0.350. The molecule has 1 amide bonds. The van der Waals surface area contributed by atoms with Gasteiger partial charge in [-0.15, -0.1) is 0 Å². The molecule has 0 bridgehead atoms. The highest BCUT2D eigenvalue weighted by atomic mass is 32.2. The number of rotatable bonds is 0. The van der Waals surface area contributed by atoms with Gasteiger partial charge in [-0.2, -0.15) is 0 Å². The summed E-state index contributed by atoms with van der Waals surface area (Å²) < 4.78 is 19.5. The van der Waals surface area contributed by atoms with Crippen LogP contribution in [0.2, 0.25) is 0 Å². The van der Waals surface area contributed by atoms with Crippen molar-refractivity contribution in [3.8, 4) is 0 Å². The molecule has 48 valence electrons. The number of hydrogen-bond donors (Lipinski definition) is 3. The molecule has 0 radical (unpaired) electrons. The summed E-state index contributed by atoms with van der Waals surface area (Å²) in [6.45, 7) is 0. The number of primary sulfonamides is 1. The zero-order chi connectivity index (χ0) is 6.78. The minimum absolute atomic E-state index is 0.853. The number of carbonyl (C=O) groups is 1. The van der Waals surface area contributed by atoms with Gasteiger partial charge in [-0.25, -0.2) is 19.0 Å². The van der Waals surface area contributed by atoms with Gasteiger partial charge in [0.2, 0.25) is 0 Å². The van der Waals surface area contributed by atoms with Crippen LogP contribution in [-0.2, 0) is 10.0 Å². The molecule has 0 aromatic rings. The fourth-order valence-corrected chi connectivity index (χ4v) is 0.191. The van der Waals surface area contributed by atoms with Gasteiger partial charge in [0.15, 0.2) is 0 Å². The van der Waals surface area contributed by atoms with Crippen LogP contribution < -0.4 is 10.6 Å². The highest BCUT2D eigenvalue weighted by Crippen LogP contribution is 1.74. The average Bonchev–Trinajstić information content (AvgIpc) is 1.62. The molecule has 7 heteroatoms. The van der Waals surface area contributed by atoms with Crippen LogP contribution in [-0.4, -0.2) is 18.9 Å². The van der Waals surface area contributed by atoms with Crippen molar-refractivity contribution in [3.63, 3.8) is 0 Å². The van der Waals surface area contributed by atoms with E-state index in [0.29, 0.717) is 0 Å². The molecule has 4 N–H and O–H groups in total. The van der Waals surface area contributed by atoms with Gasteiger partial charge >= 0.3 is 5.24 Å². The Morgan fingerprint density at radius 1 is 1.62 bits per heavy atom. The van der Waals surface area contributed by atoms with Gasteiger partial charge in [0.25, 0.3) is 10.0 Å². The number of hydrogen-bond acceptors (Lipinski definition) is 4. The van der Waals surface area contributed by atoms with Gasteiger partial charge in [-0.1, -0.05) is 0 Å². The van der Waals surface area contributed by atoms with Crippen molar-refractivity contribution in [1.29, 1.82) is 0 Å². The molecular weight excluding hydrogens is 136 g/mol. The molecule has 0 heterocycles. The van der Waals surface area contributed by atoms with Gasteiger partial charge in [0, 0.05) is 0 Å². The lowest BCUT2D eigenvalue weighted by Crippen LogP contribution is -2.32. The first-order chi connectivity index (χ1) is 3.48. The van der Waals surface area contributed by atoms with Crippen molar-refractivity contribution in [1.82, 2.24) is 5.48 Å². The second kappa shape index (κ2) is 2.07. The Kier molecular flexibility index (Phi) is 1.90. The van der Waals surface area contributed by atoms with E-state index < -0.39 is 15.3 Å². The second-order valence-electron chi connectivity index (χ2n) is 0.944. The third kappa shape index (κ3) is 1.87. The van der Waals surface area contributed by atoms with Crippen molar-refractivity contribution in [3.05, 3.63) is 0 Å². The second-order valence-corrected chi connectivity index (χ2v) is 2.41. The normalized spacial score (nSPS) is 10.8. The highest BCUT2D eigenvalue weighted by molar-refractivity contribution is 8.04. The maximum absolute atomic E-state index is 9.77. The standard InChI is InChI=1S/CH4N2O4S/c2-8(6,7)1(4)3-5/h5H,(H,3,4)(H2,2,6,7). The molecule has 0 aliphatic heterocycles. The van der Waals surface area contributed by atoms with Crippen LogP contribution in [0.15, 0.2) is 0 Å². The van der Waals surface area contributed by atoms with E-state index >= 15 is 0 Å². The molecule has 0 fully saturated rings. The maximum Gasteiger partial charge on any atom is 0.374 e. The van der Waals surface area contributed by atoms with Crippen molar-refractivity contribution >= 4 is 15.3 Å². The molecule has 0 aliphatic rings. The molecule has 0 aliphatic carbocycles. The highest BCUT2D eigenvalue weighted by Gasteiger charge is 2.13. The van der Waals surface area contributed by atoms with Crippen LogP contribution in [0.25, 0.3) is 0 Å². The summed E-state index contributed by atoms with van der Waals surface area (Å²) in [4.78, 5) is 9.76. The molecule has 0 aromatic heterocycles. The number of carbonyl (C=O) groups excluding carboxylic acids is 1. The molecule has 0 saturated heterocycles. The fourth-order valence-electron chi connectivity index (χ4n) is 0.0636. The number of nitrogens with two attached hydrogens (primary N) is 1. The first-order valence-corrected chi connectivity index (χ1v) is 3.00. The quantitative estimate of drug-likeness (QED) is 0.277. The average molecular weight is 140 g/mol. The van der Waals surface area contributed by atoms with Crippen LogP contribution in [0.1, 0.15) is 0 Å². The predicted octanol–water partition coefficient (Wildman–Crippen LogP) is -1.63. The Hall–Kier alpha value is -0.660. The van der Waals surface area contributed by atoms with E-state index in [2.05, 4.69) is 5.14 Å². The number of sulfonamides is 1. The van der Waals surface area contributed by atoms with Crippen LogP contribution in [0.4, 0.5) is 4.79 Å². The van der Waals surface area contributed by atoms with Gasteiger partial charge in [-0.3, -0.25) is 10.0 Å². The van der Waals surface area contributed by atoms with Crippen molar-refractivity contribution in [2.75, 3.05) is 0 Å². The minimum Gasteiger partial charge on any atom is -0.288 e. The largest absolute Gasteiger partial charge is 0.374 e. The van der Waals surface area contributed by atoms with Gasteiger partial charge in [0.1, 0.15) is 0 Å². The molecule has 0 spiro atoms. The van der Waals surface area contributed by atoms with E-state index in [9.17, 15) is 13.2 Å². The summed E-state index contributed by atoms with van der Waals surface area (Å²) in [6, 6.07) is 0. The summed E-state index contributed by atoms with van der Waals surface area (Å²) in [5.74, 6) is 0. The van der Waals surface area contributed by atoms with E-state index in [-0.39, 0.29) is 0 Å². The zero-order valence-electron chi connectivity index (χ0n) is 3.66. The lowest BCUT2D eigenvalue weighted by molar-refractivity contribution is 0.179. The Labute approximate surface area is 45.3 Å². The molecule has 0 atom stereocenters. The Morgan fingerprint density at radius 3 is 2.00 bits per heavy atom. The summed E-state index contributed by atoms with van der Waals surface area (Å²) in [5.41, 5.74) is 0.853. The van der Waals surface area contributed by atoms with Gasteiger partial charge < -0.3 is 0 Å². The topological polar surface area (TPSA) is 109 Å². The first kappa shape index (κ1) is 7.34. The molecular formula is CH4N2O4S. The first-order valence-electron chi connectivity index (χ1n) is 1.45. The minimum atomic E-state index is -4.25. The number of hydroxylamine groups is 1. The smallest absolute Gasteiger partial charge is 0.288 e. The van der Waals surface area contributed by atoms with Gasteiger partial charge in [-0.05, 0) is 0 Å². The van der Waals surface area contributed by atoms with E-state index in [1.54, 1.807) is 0 Å². The monoisotopic (exact) mass is 140 g/mol. The summed E-state index contributed by atoms with van der Waals surface area (Å²) >= 11 is 0. The number of nitrogens with one attached hydrogen (secondary N) is 1. The zero-order valence-corrected chi connectivity index (χ0v) is 4.47. The van der Waals surface area contributed by atoms with Crippen molar-refractivity contribution < 1.29 is 18.4 Å². The Balaban J connectivity index is 4.29. The molecule has 0 unspecified atom stereocenters. The van der Waals surface area contributed by atoms with E-state index in [4.69, 9.17) is 5.21 Å². The predicted molar refractivity (Wildman–Crippen MR) is 23.4 cm³/mol. The Bertz CT molecular complexity index is 180.